The largest absolute Gasteiger partial charge is 0.348 e. The third-order valence-corrected chi connectivity index (χ3v) is 5.10. The number of imidazole rings is 1. The Morgan fingerprint density at radius 1 is 1.10 bits per heavy atom. The Labute approximate surface area is 174 Å². The number of amides is 1. The van der Waals surface area contributed by atoms with Crippen LogP contribution in [0.15, 0.2) is 66.9 Å². The number of halogens is 1. The highest BCUT2D eigenvalue weighted by Gasteiger charge is 2.15. The molecule has 0 unspecified atom stereocenters. The van der Waals surface area contributed by atoms with Gasteiger partial charge in [0.25, 0.3) is 5.91 Å². The SMILES string of the molecule is CCCn1c(-c2cccc(C(=O)NCc3ccccc3Cl)c2)nc2cccnc21. The van der Waals surface area contributed by atoms with Crippen molar-refractivity contribution in [2.24, 2.45) is 0 Å². The lowest BCUT2D eigenvalue weighted by atomic mass is 10.1. The van der Waals surface area contributed by atoms with Gasteiger partial charge in [0.15, 0.2) is 5.65 Å². The van der Waals surface area contributed by atoms with Crippen LogP contribution >= 0.6 is 11.6 Å². The highest BCUT2D eigenvalue weighted by Crippen LogP contribution is 2.25. The molecule has 2 aromatic heterocycles. The van der Waals surface area contributed by atoms with Crippen molar-refractivity contribution < 1.29 is 4.79 Å². The fourth-order valence-corrected chi connectivity index (χ4v) is 3.54. The molecule has 29 heavy (non-hydrogen) atoms. The van der Waals surface area contributed by atoms with Crippen LogP contribution in [0.1, 0.15) is 29.3 Å². The number of carbonyl (C=O) groups excluding carboxylic acids is 1. The molecule has 5 nitrogen and oxygen atoms in total. The highest BCUT2D eigenvalue weighted by molar-refractivity contribution is 6.31. The van der Waals surface area contributed by atoms with Crippen LogP contribution in [0.5, 0.6) is 0 Å². The number of benzene rings is 2. The number of hydrogen-bond donors (Lipinski definition) is 1. The van der Waals surface area contributed by atoms with Gasteiger partial charge in [0.1, 0.15) is 11.3 Å². The maximum absolute atomic E-state index is 12.7. The molecule has 1 amide bonds. The van der Waals surface area contributed by atoms with Crippen LogP contribution in [0.4, 0.5) is 0 Å². The van der Waals surface area contributed by atoms with Gasteiger partial charge in [0.05, 0.1) is 0 Å². The summed E-state index contributed by atoms with van der Waals surface area (Å²) < 4.78 is 2.11. The minimum absolute atomic E-state index is 0.150. The van der Waals surface area contributed by atoms with Crippen molar-refractivity contribution in [2.75, 3.05) is 0 Å². The van der Waals surface area contributed by atoms with Gasteiger partial charge in [-0.15, -0.1) is 0 Å². The Kier molecular flexibility index (Phi) is 5.58. The number of fused-ring (bicyclic) bond motifs is 1. The molecule has 4 rings (SSSR count). The molecule has 0 aliphatic carbocycles. The van der Waals surface area contributed by atoms with Gasteiger partial charge in [0.2, 0.25) is 0 Å². The van der Waals surface area contributed by atoms with Crippen molar-refractivity contribution in [1.29, 1.82) is 0 Å². The summed E-state index contributed by atoms with van der Waals surface area (Å²) in [5.41, 5.74) is 4.07. The summed E-state index contributed by atoms with van der Waals surface area (Å²) in [6.07, 6.45) is 2.74. The van der Waals surface area contributed by atoms with E-state index in [2.05, 4.69) is 21.8 Å². The van der Waals surface area contributed by atoms with E-state index in [1.165, 1.54) is 0 Å². The molecule has 4 aromatic rings. The molecule has 146 valence electrons. The van der Waals surface area contributed by atoms with Crippen molar-refractivity contribution in [3.8, 4) is 11.4 Å². The number of pyridine rings is 1. The predicted octanol–water partition coefficient (Wildman–Crippen LogP) is 5.09. The molecule has 0 aliphatic heterocycles. The summed E-state index contributed by atoms with van der Waals surface area (Å²) >= 11 is 6.18. The van der Waals surface area contributed by atoms with Gasteiger partial charge < -0.3 is 9.88 Å². The number of carbonyl (C=O) groups is 1. The van der Waals surface area contributed by atoms with Gasteiger partial charge in [-0.3, -0.25) is 4.79 Å². The lowest BCUT2D eigenvalue weighted by Crippen LogP contribution is -2.23. The van der Waals surface area contributed by atoms with Crippen molar-refractivity contribution in [2.45, 2.75) is 26.4 Å². The van der Waals surface area contributed by atoms with Gasteiger partial charge in [-0.2, -0.15) is 0 Å². The summed E-state index contributed by atoms with van der Waals surface area (Å²) in [6.45, 7) is 3.31. The molecule has 1 N–H and O–H groups in total. The Hall–Kier alpha value is -3.18. The van der Waals surface area contributed by atoms with Crippen LogP contribution in [0.2, 0.25) is 5.02 Å². The first kappa shape index (κ1) is 19.2. The van der Waals surface area contributed by atoms with Crippen LogP contribution in [-0.2, 0) is 13.1 Å². The normalized spacial score (nSPS) is 11.0. The van der Waals surface area contributed by atoms with Gasteiger partial charge in [0, 0.05) is 35.4 Å². The summed E-state index contributed by atoms with van der Waals surface area (Å²) in [6, 6.07) is 18.8. The molecule has 2 aromatic carbocycles. The van der Waals surface area contributed by atoms with E-state index in [1.54, 1.807) is 12.3 Å². The van der Waals surface area contributed by atoms with E-state index in [9.17, 15) is 4.79 Å². The van der Waals surface area contributed by atoms with Gasteiger partial charge >= 0.3 is 0 Å². The fraction of sp³-hybridized carbons (Fsp3) is 0.174. The van der Waals surface area contributed by atoms with E-state index in [-0.39, 0.29) is 5.91 Å². The molecule has 0 spiro atoms. The lowest BCUT2D eigenvalue weighted by Gasteiger charge is -2.10. The van der Waals surface area contributed by atoms with E-state index < -0.39 is 0 Å². The first-order valence-corrected chi connectivity index (χ1v) is 9.98. The highest BCUT2D eigenvalue weighted by atomic mass is 35.5. The number of hydrogen-bond acceptors (Lipinski definition) is 3. The van der Waals surface area contributed by atoms with Crippen molar-refractivity contribution in [3.05, 3.63) is 83.0 Å². The van der Waals surface area contributed by atoms with Crippen LogP contribution < -0.4 is 5.32 Å². The van der Waals surface area contributed by atoms with Crippen molar-refractivity contribution in [3.63, 3.8) is 0 Å². The first-order valence-electron chi connectivity index (χ1n) is 9.60. The van der Waals surface area contributed by atoms with E-state index in [0.717, 1.165) is 41.1 Å². The molecular weight excluding hydrogens is 384 g/mol. The molecule has 0 saturated carbocycles. The average Bonchev–Trinajstić information content (AvgIpc) is 3.12. The molecule has 0 aliphatic rings. The zero-order valence-electron chi connectivity index (χ0n) is 16.1. The third-order valence-electron chi connectivity index (χ3n) is 4.73. The lowest BCUT2D eigenvalue weighted by molar-refractivity contribution is 0.0951. The zero-order valence-corrected chi connectivity index (χ0v) is 16.9. The number of nitrogens with one attached hydrogen (secondary N) is 1. The molecule has 6 heteroatoms. The van der Waals surface area contributed by atoms with Gasteiger partial charge in [-0.05, 0) is 42.3 Å². The van der Waals surface area contributed by atoms with Crippen LogP contribution in [-0.4, -0.2) is 20.4 Å². The second kappa shape index (κ2) is 8.45. The quantitative estimate of drug-likeness (QED) is 0.486. The molecule has 0 bridgehead atoms. The average molecular weight is 405 g/mol. The topological polar surface area (TPSA) is 59.8 Å². The Bertz CT molecular complexity index is 1170. The minimum atomic E-state index is -0.150. The van der Waals surface area contributed by atoms with Crippen molar-refractivity contribution >= 4 is 28.7 Å². The summed E-state index contributed by atoms with van der Waals surface area (Å²) in [5.74, 6) is 0.671. The predicted molar refractivity (Wildman–Crippen MR) is 116 cm³/mol. The van der Waals surface area contributed by atoms with Crippen LogP contribution in [0.3, 0.4) is 0 Å². The number of aromatic nitrogens is 3. The molecule has 0 fully saturated rings. The molecular formula is C23H21ClN4O. The summed E-state index contributed by atoms with van der Waals surface area (Å²) in [5, 5.41) is 3.58. The van der Waals surface area contributed by atoms with Gasteiger partial charge in [-0.1, -0.05) is 48.9 Å². The van der Waals surface area contributed by atoms with Crippen LogP contribution in [0.25, 0.3) is 22.6 Å². The molecule has 2 heterocycles. The molecule has 0 radical (unpaired) electrons. The monoisotopic (exact) mass is 404 g/mol. The second-order valence-corrected chi connectivity index (χ2v) is 7.20. The van der Waals surface area contributed by atoms with E-state index in [4.69, 9.17) is 16.6 Å². The minimum Gasteiger partial charge on any atom is -0.348 e. The van der Waals surface area contributed by atoms with E-state index in [1.807, 2.05) is 54.6 Å². The number of aryl methyl sites for hydroxylation is 1. The second-order valence-electron chi connectivity index (χ2n) is 6.79. The zero-order chi connectivity index (χ0) is 20.2. The Morgan fingerprint density at radius 3 is 2.79 bits per heavy atom. The smallest absolute Gasteiger partial charge is 0.251 e. The van der Waals surface area contributed by atoms with Crippen LogP contribution in [0, 0.1) is 0 Å². The maximum Gasteiger partial charge on any atom is 0.251 e. The Balaban J connectivity index is 1.62. The van der Waals surface area contributed by atoms with Crippen molar-refractivity contribution in [1.82, 2.24) is 19.9 Å². The number of rotatable bonds is 6. The van der Waals surface area contributed by atoms with Gasteiger partial charge in [-0.25, -0.2) is 9.97 Å². The standard InChI is InChI=1S/C23H21ClN4O/c1-2-13-28-21(27-20-11-6-12-25-22(20)28)16-8-5-9-17(14-16)23(29)26-15-18-7-3-4-10-19(18)24/h3-12,14H,2,13,15H2,1H3,(H,26,29). The first-order chi connectivity index (χ1) is 14.2. The summed E-state index contributed by atoms with van der Waals surface area (Å²) in [4.78, 5) is 21.9. The molecule has 0 saturated heterocycles. The van der Waals surface area contributed by atoms with E-state index >= 15 is 0 Å². The fourth-order valence-electron chi connectivity index (χ4n) is 3.33. The Morgan fingerprint density at radius 2 is 1.97 bits per heavy atom. The molecule has 0 atom stereocenters. The summed E-state index contributed by atoms with van der Waals surface area (Å²) in [7, 11) is 0. The third kappa shape index (κ3) is 4.00. The number of nitrogens with zero attached hydrogens (tertiary/aromatic N) is 3. The van der Waals surface area contributed by atoms with E-state index in [0.29, 0.717) is 17.1 Å². The maximum atomic E-state index is 12.7.